The van der Waals surface area contributed by atoms with Gasteiger partial charge in [0.05, 0.1) is 0 Å². The summed E-state index contributed by atoms with van der Waals surface area (Å²) in [5, 5.41) is 6.41. The second-order valence-corrected chi connectivity index (χ2v) is 5.91. The molecule has 1 heterocycles. The Labute approximate surface area is 111 Å². The van der Waals surface area contributed by atoms with Gasteiger partial charge in [0.2, 0.25) is 5.95 Å². The average molecular weight is 270 g/mol. The minimum atomic E-state index is -0.741. The van der Waals surface area contributed by atoms with E-state index in [9.17, 15) is 4.21 Å². The number of aromatic nitrogens is 2. The van der Waals surface area contributed by atoms with Gasteiger partial charge in [0, 0.05) is 47.2 Å². The van der Waals surface area contributed by atoms with Crippen molar-refractivity contribution in [1.29, 1.82) is 0 Å². The third-order valence-corrected chi connectivity index (χ3v) is 3.23. The monoisotopic (exact) mass is 270 g/mol. The lowest BCUT2D eigenvalue weighted by molar-refractivity contribution is 0.678. The van der Waals surface area contributed by atoms with E-state index >= 15 is 0 Å². The molecular weight excluding hydrogens is 248 g/mol. The zero-order chi connectivity index (χ0) is 13.5. The number of anilines is 2. The largest absolute Gasteiger partial charge is 0.367 e. The summed E-state index contributed by atoms with van der Waals surface area (Å²) in [7, 11) is -0.741. The first kappa shape index (κ1) is 14.9. The minimum Gasteiger partial charge on any atom is -0.367 e. The van der Waals surface area contributed by atoms with Crippen molar-refractivity contribution in [1.82, 2.24) is 9.97 Å². The van der Waals surface area contributed by atoms with Crippen LogP contribution in [0.1, 0.15) is 26.0 Å². The van der Waals surface area contributed by atoms with Crippen LogP contribution in [0.5, 0.6) is 0 Å². The molecule has 2 unspecified atom stereocenters. The van der Waals surface area contributed by atoms with Gasteiger partial charge >= 0.3 is 0 Å². The summed E-state index contributed by atoms with van der Waals surface area (Å²) in [6.45, 7) is 6.82. The van der Waals surface area contributed by atoms with Gasteiger partial charge in [-0.1, -0.05) is 0 Å². The van der Waals surface area contributed by atoms with Gasteiger partial charge < -0.3 is 10.6 Å². The summed E-state index contributed by atoms with van der Waals surface area (Å²) in [5.41, 5.74) is 0.926. The van der Waals surface area contributed by atoms with E-state index in [1.165, 1.54) is 0 Å². The van der Waals surface area contributed by atoms with Crippen molar-refractivity contribution in [3.05, 3.63) is 11.8 Å². The molecule has 0 saturated carbocycles. The topological polar surface area (TPSA) is 66.9 Å². The van der Waals surface area contributed by atoms with Crippen molar-refractivity contribution < 1.29 is 4.21 Å². The van der Waals surface area contributed by atoms with Crippen LogP contribution in [0, 0.1) is 6.92 Å². The number of hydrogen-bond donors (Lipinski definition) is 2. The van der Waals surface area contributed by atoms with E-state index in [2.05, 4.69) is 27.5 Å². The van der Waals surface area contributed by atoms with Crippen LogP contribution in [0.3, 0.4) is 0 Å². The highest BCUT2D eigenvalue weighted by atomic mass is 32.2. The minimum absolute atomic E-state index is 0.248. The second kappa shape index (κ2) is 7.31. The summed E-state index contributed by atoms with van der Waals surface area (Å²) in [6, 6.07) is 2.16. The molecule has 0 spiro atoms. The lowest BCUT2D eigenvalue weighted by atomic mass is 10.2. The molecular formula is C12H22N4OS. The molecule has 0 amide bonds. The lowest BCUT2D eigenvalue weighted by Crippen LogP contribution is -2.19. The number of nitrogens with one attached hydrogen (secondary N) is 2. The van der Waals surface area contributed by atoms with E-state index in [1.807, 2.05) is 19.9 Å². The predicted molar refractivity (Wildman–Crippen MR) is 77.6 cm³/mol. The Bertz CT molecular complexity index is 411. The van der Waals surface area contributed by atoms with E-state index in [1.54, 1.807) is 6.26 Å². The molecule has 18 heavy (non-hydrogen) atoms. The van der Waals surface area contributed by atoms with Gasteiger partial charge in [-0.05, 0) is 27.2 Å². The second-order valence-electron chi connectivity index (χ2n) is 4.36. The Morgan fingerprint density at radius 2 is 2.17 bits per heavy atom. The fraction of sp³-hybridized carbons (Fsp3) is 0.667. The molecule has 0 aliphatic heterocycles. The van der Waals surface area contributed by atoms with Gasteiger partial charge in [-0.25, -0.2) is 4.98 Å². The molecule has 0 aliphatic rings. The number of hydrogen-bond acceptors (Lipinski definition) is 5. The van der Waals surface area contributed by atoms with E-state index in [0.717, 1.165) is 24.5 Å². The summed E-state index contributed by atoms with van der Waals surface area (Å²) < 4.78 is 11.0. The van der Waals surface area contributed by atoms with Gasteiger partial charge in [0.25, 0.3) is 0 Å². The molecule has 2 N–H and O–H groups in total. The summed E-state index contributed by atoms with van der Waals surface area (Å²) >= 11 is 0. The predicted octanol–water partition coefficient (Wildman–Crippen LogP) is 1.79. The molecule has 6 heteroatoms. The van der Waals surface area contributed by atoms with Gasteiger partial charge in [-0.2, -0.15) is 4.98 Å². The Balaban J connectivity index is 2.62. The first-order valence-electron chi connectivity index (χ1n) is 6.17. The summed E-state index contributed by atoms with van der Waals surface area (Å²) in [4.78, 5) is 8.68. The maximum Gasteiger partial charge on any atom is 0.224 e. The molecule has 1 aromatic heterocycles. The fourth-order valence-electron chi connectivity index (χ4n) is 1.55. The Morgan fingerprint density at radius 1 is 1.44 bits per heavy atom. The molecule has 0 fully saturated rings. The molecule has 2 atom stereocenters. The van der Waals surface area contributed by atoms with Crippen LogP contribution in [0.2, 0.25) is 0 Å². The van der Waals surface area contributed by atoms with Crippen LogP contribution in [0.15, 0.2) is 6.07 Å². The number of aryl methyl sites for hydroxylation is 1. The van der Waals surface area contributed by atoms with Crippen molar-refractivity contribution in [2.24, 2.45) is 0 Å². The van der Waals surface area contributed by atoms with E-state index < -0.39 is 10.8 Å². The molecule has 0 radical (unpaired) electrons. The zero-order valence-corrected chi connectivity index (χ0v) is 12.3. The maximum atomic E-state index is 11.0. The Morgan fingerprint density at radius 3 is 2.78 bits per heavy atom. The molecule has 0 bridgehead atoms. The van der Waals surface area contributed by atoms with Gasteiger partial charge in [-0.3, -0.25) is 4.21 Å². The molecule has 0 saturated heterocycles. The molecule has 5 nitrogen and oxygen atoms in total. The average Bonchev–Trinajstić information content (AvgIpc) is 2.26. The van der Waals surface area contributed by atoms with Crippen molar-refractivity contribution in [2.75, 3.05) is 29.2 Å². The third-order valence-electron chi connectivity index (χ3n) is 2.42. The smallest absolute Gasteiger partial charge is 0.224 e. The SMILES string of the molecule is CCNc1nc(C)cc(NC(C)CCS(C)=O)n1. The molecule has 1 aromatic rings. The van der Waals surface area contributed by atoms with E-state index in [4.69, 9.17) is 0 Å². The maximum absolute atomic E-state index is 11.0. The van der Waals surface area contributed by atoms with Crippen molar-refractivity contribution in [3.8, 4) is 0 Å². The number of nitrogens with zero attached hydrogens (tertiary/aromatic N) is 2. The van der Waals surface area contributed by atoms with Crippen LogP contribution in [0.4, 0.5) is 11.8 Å². The normalized spacial score (nSPS) is 14.0. The van der Waals surface area contributed by atoms with E-state index in [0.29, 0.717) is 11.7 Å². The molecule has 1 rings (SSSR count). The van der Waals surface area contributed by atoms with Crippen LogP contribution < -0.4 is 10.6 Å². The summed E-state index contributed by atoms with van der Waals surface area (Å²) in [6.07, 6.45) is 2.59. The Kier molecular flexibility index (Phi) is 6.04. The van der Waals surface area contributed by atoms with Crippen LogP contribution in [-0.2, 0) is 10.8 Å². The van der Waals surface area contributed by atoms with E-state index in [-0.39, 0.29) is 6.04 Å². The lowest BCUT2D eigenvalue weighted by Gasteiger charge is -2.15. The van der Waals surface area contributed by atoms with Gasteiger partial charge in [0.1, 0.15) is 5.82 Å². The quantitative estimate of drug-likeness (QED) is 0.790. The zero-order valence-electron chi connectivity index (χ0n) is 11.5. The first-order chi connectivity index (χ1) is 8.51. The molecule has 102 valence electrons. The highest BCUT2D eigenvalue weighted by molar-refractivity contribution is 7.84. The van der Waals surface area contributed by atoms with Crippen molar-refractivity contribution in [3.63, 3.8) is 0 Å². The standard InChI is InChI=1S/C12H22N4OS/c1-5-13-12-15-10(3)8-11(16-12)14-9(2)6-7-18(4)17/h8-9H,5-7H2,1-4H3,(H2,13,14,15,16). The highest BCUT2D eigenvalue weighted by Crippen LogP contribution is 2.11. The van der Waals surface area contributed by atoms with Gasteiger partial charge in [0.15, 0.2) is 0 Å². The van der Waals surface area contributed by atoms with Crippen LogP contribution in [0.25, 0.3) is 0 Å². The molecule has 0 aliphatic carbocycles. The third kappa shape index (κ3) is 5.44. The van der Waals surface area contributed by atoms with Crippen molar-refractivity contribution >= 4 is 22.6 Å². The van der Waals surface area contributed by atoms with Crippen LogP contribution in [-0.4, -0.2) is 38.8 Å². The van der Waals surface area contributed by atoms with Gasteiger partial charge in [-0.15, -0.1) is 0 Å². The Hall–Kier alpha value is -1.17. The van der Waals surface area contributed by atoms with Crippen LogP contribution >= 0.6 is 0 Å². The highest BCUT2D eigenvalue weighted by Gasteiger charge is 2.06. The number of rotatable bonds is 7. The van der Waals surface area contributed by atoms with Crippen molar-refractivity contribution in [2.45, 2.75) is 33.2 Å². The first-order valence-corrected chi connectivity index (χ1v) is 7.90. The summed E-state index contributed by atoms with van der Waals surface area (Å²) in [5.74, 6) is 2.16. The fourth-order valence-corrected chi connectivity index (χ4v) is 2.23. The molecule has 0 aromatic carbocycles.